The molecule has 8 nitrogen and oxygen atoms in total. The summed E-state index contributed by atoms with van der Waals surface area (Å²) in [5, 5.41) is 14.1. The number of hydrogen-bond acceptors (Lipinski definition) is 6. The van der Waals surface area contributed by atoms with E-state index in [1.807, 2.05) is 19.9 Å². The Morgan fingerprint density at radius 2 is 2.03 bits per heavy atom. The van der Waals surface area contributed by atoms with Crippen molar-refractivity contribution in [2.75, 3.05) is 18.5 Å². The summed E-state index contributed by atoms with van der Waals surface area (Å²) in [7, 11) is 0. The van der Waals surface area contributed by atoms with Gasteiger partial charge >= 0.3 is 5.69 Å². The Morgan fingerprint density at radius 1 is 1.28 bits per heavy atom. The fourth-order valence-electron chi connectivity index (χ4n) is 3.39. The Hall–Kier alpha value is -3.29. The van der Waals surface area contributed by atoms with Gasteiger partial charge in [-0.15, -0.1) is 0 Å². The maximum atomic E-state index is 12.5. The minimum atomic E-state index is -0.514. The molecule has 154 valence electrons. The van der Waals surface area contributed by atoms with E-state index in [2.05, 4.69) is 5.32 Å². The van der Waals surface area contributed by atoms with Crippen LogP contribution in [0.1, 0.15) is 30.5 Å². The number of carbonyl (C=O) groups excluding carboxylic acids is 1. The molecule has 1 N–H and O–H groups in total. The lowest BCUT2D eigenvalue weighted by Gasteiger charge is -2.14. The lowest BCUT2D eigenvalue weighted by atomic mass is 10.1. The highest BCUT2D eigenvalue weighted by molar-refractivity contribution is 5.94. The van der Waals surface area contributed by atoms with Gasteiger partial charge in [-0.05, 0) is 44.9 Å². The van der Waals surface area contributed by atoms with Crippen molar-refractivity contribution in [3.05, 3.63) is 51.1 Å². The predicted molar refractivity (Wildman–Crippen MR) is 108 cm³/mol. The zero-order valence-electron chi connectivity index (χ0n) is 16.9. The molecule has 0 fully saturated rings. The molecule has 0 bridgehead atoms. The first kappa shape index (κ1) is 20.4. The van der Waals surface area contributed by atoms with Crippen LogP contribution in [0.3, 0.4) is 0 Å². The first-order chi connectivity index (χ1) is 13.8. The van der Waals surface area contributed by atoms with Gasteiger partial charge in [-0.1, -0.05) is 6.07 Å². The number of anilines is 1. The molecule has 3 rings (SSSR count). The second kappa shape index (κ2) is 8.38. The Morgan fingerprint density at radius 3 is 2.72 bits per heavy atom. The van der Waals surface area contributed by atoms with Crippen LogP contribution in [0.15, 0.2) is 24.3 Å². The summed E-state index contributed by atoms with van der Waals surface area (Å²) in [6.07, 6.45) is 0.849. The maximum absolute atomic E-state index is 12.5. The predicted octanol–water partition coefficient (Wildman–Crippen LogP) is 3.95. The Labute approximate surface area is 168 Å². The third-order valence-electron chi connectivity index (χ3n) is 4.52. The third-order valence-corrected chi connectivity index (χ3v) is 4.52. The first-order valence-electron chi connectivity index (χ1n) is 9.43. The van der Waals surface area contributed by atoms with E-state index in [9.17, 15) is 14.9 Å². The van der Waals surface area contributed by atoms with Crippen LogP contribution in [0.2, 0.25) is 0 Å². The minimum absolute atomic E-state index is 0.0684. The summed E-state index contributed by atoms with van der Waals surface area (Å²) in [5.74, 6) is 0.898. The van der Waals surface area contributed by atoms with E-state index in [1.165, 1.54) is 6.07 Å². The number of benzene rings is 2. The van der Waals surface area contributed by atoms with Crippen molar-refractivity contribution < 1.29 is 23.9 Å². The highest BCUT2D eigenvalue weighted by atomic mass is 16.6. The zero-order chi connectivity index (χ0) is 21.1. The molecular weight excluding hydrogens is 376 g/mol. The first-order valence-corrected chi connectivity index (χ1v) is 9.43. The molecular formula is C21H24N2O6. The quantitative estimate of drug-likeness (QED) is 0.558. The molecule has 1 aliphatic rings. The van der Waals surface area contributed by atoms with Crippen LogP contribution in [-0.4, -0.2) is 30.1 Å². The molecule has 29 heavy (non-hydrogen) atoms. The van der Waals surface area contributed by atoms with E-state index in [1.54, 1.807) is 26.0 Å². The van der Waals surface area contributed by atoms with Crippen LogP contribution in [-0.2, 0) is 11.2 Å². The fourth-order valence-corrected chi connectivity index (χ4v) is 3.39. The summed E-state index contributed by atoms with van der Waals surface area (Å²) < 4.78 is 16.9. The smallest absolute Gasteiger partial charge is 0.311 e. The average molecular weight is 400 g/mol. The molecule has 1 atom stereocenters. The number of rotatable bonds is 7. The number of ether oxygens (including phenoxy) is 3. The van der Waals surface area contributed by atoms with E-state index in [0.717, 1.165) is 17.5 Å². The number of nitro benzene ring substituents is 1. The van der Waals surface area contributed by atoms with Crippen molar-refractivity contribution >= 4 is 17.3 Å². The van der Waals surface area contributed by atoms with Gasteiger partial charge < -0.3 is 19.5 Å². The molecule has 1 heterocycles. The number of aryl methyl sites for hydroxylation is 2. The van der Waals surface area contributed by atoms with Gasteiger partial charge in [0.25, 0.3) is 5.91 Å². The van der Waals surface area contributed by atoms with Crippen LogP contribution >= 0.6 is 0 Å². The van der Waals surface area contributed by atoms with Crippen molar-refractivity contribution in [1.29, 1.82) is 0 Å². The lowest BCUT2D eigenvalue weighted by molar-refractivity contribution is -0.385. The molecule has 0 saturated carbocycles. The third kappa shape index (κ3) is 4.59. The molecule has 0 saturated heterocycles. The van der Waals surface area contributed by atoms with E-state index in [-0.39, 0.29) is 24.1 Å². The standard InChI is InChI=1S/C21H24N2O6/c1-5-27-19-9-15-8-14(4)29-18(15)10-16(19)22-20(24)11-28-21-13(3)6-12(2)7-17(21)23(25)26/h6-7,9-10,14H,5,8,11H2,1-4H3,(H,22,24)/t14-/m0/s1. The molecule has 8 heteroatoms. The maximum Gasteiger partial charge on any atom is 0.311 e. The molecule has 2 aromatic rings. The topological polar surface area (TPSA) is 99.9 Å². The van der Waals surface area contributed by atoms with Gasteiger partial charge in [0.1, 0.15) is 17.6 Å². The van der Waals surface area contributed by atoms with Crippen LogP contribution in [0.4, 0.5) is 11.4 Å². The Balaban J connectivity index is 1.75. The Kier molecular flexibility index (Phi) is 5.91. The summed E-state index contributed by atoms with van der Waals surface area (Å²) in [6, 6.07) is 6.80. The van der Waals surface area contributed by atoms with Crippen molar-refractivity contribution in [2.45, 2.75) is 40.2 Å². The van der Waals surface area contributed by atoms with Crippen LogP contribution in [0.5, 0.6) is 17.2 Å². The number of fused-ring (bicyclic) bond motifs is 1. The molecule has 1 aliphatic heterocycles. The zero-order valence-corrected chi connectivity index (χ0v) is 16.9. The van der Waals surface area contributed by atoms with Gasteiger partial charge in [0.15, 0.2) is 6.61 Å². The van der Waals surface area contributed by atoms with Crippen molar-refractivity contribution in [3.63, 3.8) is 0 Å². The molecule has 0 radical (unpaired) electrons. The van der Waals surface area contributed by atoms with Gasteiger partial charge in [-0.2, -0.15) is 0 Å². The average Bonchev–Trinajstić information content (AvgIpc) is 2.99. The minimum Gasteiger partial charge on any atom is -0.492 e. The van der Waals surface area contributed by atoms with Crippen molar-refractivity contribution in [3.8, 4) is 17.2 Å². The fraction of sp³-hybridized carbons (Fsp3) is 0.381. The normalized spacial score (nSPS) is 14.7. The van der Waals surface area contributed by atoms with Crippen LogP contribution in [0, 0.1) is 24.0 Å². The molecule has 0 spiro atoms. The summed E-state index contributed by atoms with van der Waals surface area (Å²) in [5.41, 5.74) is 2.69. The van der Waals surface area contributed by atoms with Gasteiger partial charge in [-0.25, -0.2) is 0 Å². The van der Waals surface area contributed by atoms with Gasteiger partial charge in [0, 0.05) is 24.1 Å². The largest absolute Gasteiger partial charge is 0.492 e. The van der Waals surface area contributed by atoms with E-state index in [0.29, 0.717) is 29.4 Å². The Bertz CT molecular complexity index is 957. The molecule has 0 aromatic heterocycles. The van der Waals surface area contributed by atoms with Crippen LogP contribution < -0.4 is 19.5 Å². The second-order valence-electron chi connectivity index (χ2n) is 7.05. The monoisotopic (exact) mass is 400 g/mol. The van der Waals surface area contributed by atoms with Crippen LogP contribution in [0.25, 0.3) is 0 Å². The SMILES string of the molecule is CCOc1cc2c(cc1NC(=O)COc1c(C)cc(C)cc1[N+](=O)[O-])O[C@@H](C)C2. The van der Waals surface area contributed by atoms with Crippen molar-refractivity contribution in [1.82, 2.24) is 0 Å². The highest BCUT2D eigenvalue weighted by Crippen LogP contribution is 2.38. The molecule has 2 aromatic carbocycles. The van der Waals surface area contributed by atoms with E-state index < -0.39 is 10.8 Å². The number of nitro groups is 1. The summed E-state index contributed by atoms with van der Waals surface area (Å²) >= 11 is 0. The number of nitrogens with one attached hydrogen (secondary N) is 1. The highest BCUT2D eigenvalue weighted by Gasteiger charge is 2.23. The van der Waals surface area contributed by atoms with Gasteiger partial charge in [0.05, 0.1) is 17.2 Å². The van der Waals surface area contributed by atoms with E-state index in [4.69, 9.17) is 14.2 Å². The molecule has 1 amide bonds. The van der Waals surface area contributed by atoms with Gasteiger partial charge in [0.2, 0.25) is 5.75 Å². The molecule has 0 aliphatic carbocycles. The van der Waals surface area contributed by atoms with Crippen molar-refractivity contribution in [2.24, 2.45) is 0 Å². The number of hydrogen-bond donors (Lipinski definition) is 1. The van der Waals surface area contributed by atoms with Gasteiger partial charge in [-0.3, -0.25) is 14.9 Å². The number of nitrogens with zero attached hydrogens (tertiary/aromatic N) is 1. The second-order valence-corrected chi connectivity index (χ2v) is 7.05. The van der Waals surface area contributed by atoms with E-state index >= 15 is 0 Å². The number of carbonyl (C=O) groups is 1. The lowest BCUT2D eigenvalue weighted by Crippen LogP contribution is -2.21. The summed E-state index contributed by atoms with van der Waals surface area (Å²) in [6.45, 7) is 7.39. The summed E-state index contributed by atoms with van der Waals surface area (Å²) in [4.78, 5) is 23.3. The number of amides is 1. The molecule has 0 unspecified atom stereocenters.